The fourth-order valence-electron chi connectivity index (χ4n) is 1.36. The standard InChI is InChI=1S/C13H20N2O2S/c1-13(2,3)18-5-4-17-12(16)9-6-10(14)8-11(15)7-9/h6-8H,4-5,14-15H2,1-3H3. The van der Waals surface area contributed by atoms with Gasteiger partial charge in [0.15, 0.2) is 0 Å². The van der Waals surface area contributed by atoms with Crippen molar-refractivity contribution in [3.05, 3.63) is 23.8 Å². The molecule has 0 unspecified atom stereocenters. The molecule has 1 aromatic rings. The highest BCUT2D eigenvalue weighted by atomic mass is 32.2. The number of hydrogen-bond donors (Lipinski definition) is 2. The summed E-state index contributed by atoms with van der Waals surface area (Å²) in [7, 11) is 0. The third-order valence-electron chi connectivity index (χ3n) is 2.06. The first-order valence-corrected chi connectivity index (χ1v) is 6.73. The number of anilines is 2. The minimum Gasteiger partial charge on any atom is -0.461 e. The van der Waals surface area contributed by atoms with Gasteiger partial charge in [-0.05, 0) is 18.2 Å². The van der Waals surface area contributed by atoms with E-state index in [0.29, 0.717) is 23.5 Å². The van der Waals surface area contributed by atoms with E-state index in [1.54, 1.807) is 30.0 Å². The number of thioether (sulfide) groups is 1. The van der Waals surface area contributed by atoms with Gasteiger partial charge in [0, 0.05) is 21.9 Å². The van der Waals surface area contributed by atoms with E-state index in [2.05, 4.69) is 20.8 Å². The number of ether oxygens (including phenoxy) is 1. The van der Waals surface area contributed by atoms with Crippen LogP contribution in [0.1, 0.15) is 31.1 Å². The fourth-order valence-corrected chi connectivity index (χ4v) is 2.14. The van der Waals surface area contributed by atoms with Crippen molar-refractivity contribution in [1.29, 1.82) is 0 Å². The van der Waals surface area contributed by atoms with Crippen molar-refractivity contribution in [3.63, 3.8) is 0 Å². The first kappa shape index (κ1) is 14.7. The van der Waals surface area contributed by atoms with Gasteiger partial charge in [0.25, 0.3) is 0 Å². The molecule has 0 saturated carbocycles. The number of carbonyl (C=O) groups is 1. The van der Waals surface area contributed by atoms with E-state index in [4.69, 9.17) is 16.2 Å². The van der Waals surface area contributed by atoms with Gasteiger partial charge in [-0.3, -0.25) is 0 Å². The average molecular weight is 268 g/mol. The molecule has 18 heavy (non-hydrogen) atoms. The lowest BCUT2D eigenvalue weighted by Crippen LogP contribution is -2.13. The molecule has 0 amide bonds. The van der Waals surface area contributed by atoms with Crippen molar-refractivity contribution in [1.82, 2.24) is 0 Å². The van der Waals surface area contributed by atoms with Crippen LogP contribution in [0.2, 0.25) is 0 Å². The topological polar surface area (TPSA) is 78.3 Å². The van der Waals surface area contributed by atoms with Crippen LogP contribution in [0.3, 0.4) is 0 Å². The number of rotatable bonds is 4. The van der Waals surface area contributed by atoms with Crippen LogP contribution in [0.4, 0.5) is 11.4 Å². The number of hydrogen-bond acceptors (Lipinski definition) is 5. The highest BCUT2D eigenvalue weighted by Crippen LogP contribution is 2.22. The van der Waals surface area contributed by atoms with Gasteiger partial charge in [0.1, 0.15) is 6.61 Å². The monoisotopic (exact) mass is 268 g/mol. The number of nitrogen functional groups attached to an aromatic ring is 2. The summed E-state index contributed by atoms with van der Waals surface area (Å²) in [5.41, 5.74) is 12.6. The van der Waals surface area contributed by atoms with Crippen LogP contribution >= 0.6 is 11.8 Å². The molecule has 0 heterocycles. The first-order valence-electron chi connectivity index (χ1n) is 5.75. The SMILES string of the molecule is CC(C)(C)SCCOC(=O)c1cc(N)cc(N)c1. The molecular weight excluding hydrogens is 248 g/mol. The molecule has 0 bridgehead atoms. The maximum absolute atomic E-state index is 11.7. The number of nitrogens with two attached hydrogens (primary N) is 2. The van der Waals surface area contributed by atoms with E-state index in [1.165, 1.54) is 0 Å². The van der Waals surface area contributed by atoms with Gasteiger partial charge in [-0.15, -0.1) is 0 Å². The lowest BCUT2D eigenvalue weighted by molar-refractivity contribution is 0.0530. The van der Waals surface area contributed by atoms with Crippen LogP contribution in [0.15, 0.2) is 18.2 Å². The molecule has 0 atom stereocenters. The van der Waals surface area contributed by atoms with Crippen LogP contribution in [0.5, 0.6) is 0 Å². The molecule has 0 aliphatic heterocycles. The predicted molar refractivity (Wildman–Crippen MR) is 77.8 cm³/mol. The minimum atomic E-state index is -0.386. The van der Waals surface area contributed by atoms with Crippen molar-refractivity contribution < 1.29 is 9.53 Å². The molecule has 1 aromatic carbocycles. The average Bonchev–Trinajstić information content (AvgIpc) is 2.21. The van der Waals surface area contributed by atoms with Gasteiger partial charge < -0.3 is 16.2 Å². The zero-order valence-electron chi connectivity index (χ0n) is 11.0. The van der Waals surface area contributed by atoms with E-state index in [-0.39, 0.29) is 10.7 Å². The number of esters is 1. The summed E-state index contributed by atoms with van der Waals surface area (Å²) in [6.45, 7) is 6.75. The van der Waals surface area contributed by atoms with E-state index < -0.39 is 0 Å². The molecule has 0 saturated heterocycles. The largest absolute Gasteiger partial charge is 0.461 e. The highest BCUT2D eigenvalue weighted by molar-refractivity contribution is 8.00. The molecular formula is C13H20N2O2S. The Morgan fingerprint density at radius 2 is 1.78 bits per heavy atom. The van der Waals surface area contributed by atoms with Crippen molar-refractivity contribution in [2.45, 2.75) is 25.5 Å². The Labute approximate surface area is 112 Å². The van der Waals surface area contributed by atoms with Crippen molar-refractivity contribution in [3.8, 4) is 0 Å². The second-order valence-electron chi connectivity index (χ2n) is 4.99. The Bertz CT molecular complexity index is 407. The van der Waals surface area contributed by atoms with Crippen LogP contribution in [0.25, 0.3) is 0 Å². The second kappa shape index (κ2) is 6.00. The molecule has 1 rings (SSSR count). The quantitative estimate of drug-likeness (QED) is 0.498. The first-order chi connectivity index (χ1) is 8.28. The summed E-state index contributed by atoms with van der Waals surface area (Å²) in [5, 5.41) is 0. The van der Waals surface area contributed by atoms with Crippen molar-refractivity contribution in [2.24, 2.45) is 0 Å². The number of carbonyl (C=O) groups excluding carboxylic acids is 1. The van der Waals surface area contributed by atoms with Crippen molar-refractivity contribution >= 4 is 29.1 Å². The maximum atomic E-state index is 11.7. The fraction of sp³-hybridized carbons (Fsp3) is 0.462. The summed E-state index contributed by atoms with van der Waals surface area (Å²) in [6.07, 6.45) is 0. The summed E-state index contributed by atoms with van der Waals surface area (Å²) in [6, 6.07) is 4.73. The van der Waals surface area contributed by atoms with E-state index in [0.717, 1.165) is 5.75 Å². The third kappa shape index (κ3) is 5.31. The van der Waals surface area contributed by atoms with Gasteiger partial charge in [-0.25, -0.2) is 4.79 Å². The molecule has 0 aromatic heterocycles. The van der Waals surface area contributed by atoms with Crippen LogP contribution in [0, 0.1) is 0 Å². The minimum absolute atomic E-state index is 0.175. The van der Waals surface area contributed by atoms with Gasteiger partial charge in [-0.1, -0.05) is 20.8 Å². The maximum Gasteiger partial charge on any atom is 0.338 e. The van der Waals surface area contributed by atoms with Gasteiger partial charge in [0.05, 0.1) is 5.56 Å². The van der Waals surface area contributed by atoms with Gasteiger partial charge in [0.2, 0.25) is 0 Å². The molecule has 0 spiro atoms. The zero-order chi connectivity index (χ0) is 13.8. The predicted octanol–water partition coefficient (Wildman–Crippen LogP) is 2.54. The second-order valence-corrected chi connectivity index (χ2v) is 6.91. The Hall–Kier alpha value is -1.36. The molecule has 0 radical (unpaired) electrons. The van der Waals surface area contributed by atoms with Gasteiger partial charge in [-0.2, -0.15) is 11.8 Å². The summed E-state index contributed by atoms with van der Waals surface area (Å²) < 4.78 is 5.34. The Morgan fingerprint density at radius 1 is 1.22 bits per heavy atom. The molecule has 4 N–H and O–H groups in total. The van der Waals surface area contributed by atoms with Gasteiger partial charge >= 0.3 is 5.97 Å². The molecule has 0 aliphatic rings. The summed E-state index contributed by atoms with van der Waals surface area (Å²) in [5.74, 6) is 0.385. The molecule has 4 nitrogen and oxygen atoms in total. The molecule has 100 valence electrons. The van der Waals surface area contributed by atoms with E-state index >= 15 is 0 Å². The Kier molecular flexibility index (Phi) is 4.90. The van der Waals surface area contributed by atoms with Crippen LogP contribution in [-0.4, -0.2) is 23.1 Å². The Balaban J connectivity index is 2.46. The van der Waals surface area contributed by atoms with E-state index in [1.807, 2.05) is 0 Å². The zero-order valence-corrected chi connectivity index (χ0v) is 11.8. The van der Waals surface area contributed by atoms with Crippen LogP contribution in [-0.2, 0) is 4.74 Å². The molecule has 0 fully saturated rings. The van der Waals surface area contributed by atoms with Crippen molar-refractivity contribution in [2.75, 3.05) is 23.8 Å². The molecule has 0 aliphatic carbocycles. The summed E-state index contributed by atoms with van der Waals surface area (Å²) in [4.78, 5) is 11.7. The van der Waals surface area contributed by atoms with E-state index in [9.17, 15) is 4.79 Å². The van der Waals surface area contributed by atoms with Crippen LogP contribution < -0.4 is 11.5 Å². The Morgan fingerprint density at radius 3 is 2.28 bits per heavy atom. The smallest absolute Gasteiger partial charge is 0.338 e. The normalized spacial score (nSPS) is 11.3. The number of benzene rings is 1. The highest BCUT2D eigenvalue weighted by Gasteiger charge is 2.12. The summed E-state index contributed by atoms with van der Waals surface area (Å²) >= 11 is 1.75. The lowest BCUT2D eigenvalue weighted by Gasteiger charge is -2.17. The molecule has 5 heteroatoms. The lowest BCUT2D eigenvalue weighted by atomic mass is 10.2. The third-order valence-corrected chi connectivity index (χ3v) is 3.30.